The lowest BCUT2D eigenvalue weighted by atomic mass is 10.3. The van der Waals surface area contributed by atoms with E-state index < -0.39 is 11.6 Å². The van der Waals surface area contributed by atoms with Crippen molar-refractivity contribution in [2.45, 2.75) is 6.54 Å². The summed E-state index contributed by atoms with van der Waals surface area (Å²) in [7, 11) is 5.68. The highest BCUT2D eigenvalue weighted by Gasteiger charge is 2.11. The van der Waals surface area contributed by atoms with Gasteiger partial charge in [0.05, 0.1) is 28.6 Å². The molecule has 0 aliphatic heterocycles. The Morgan fingerprint density at radius 3 is 2.60 bits per heavy atom. The van der Waals surface area contributed by atoms with Gasteiger partial charge < -0.3 is 14.8 Å². The maximum absolute atomic E-state index is 13.6. The van der Waals surface area contributed by atoms with E-state index in [1.54, 1.807) is 6.20 Å². The average molecular weight is 345 g/mol. The molecular weight excluding hydrogens is 330 g/mol. The van der Waals surface area contributed by atoms with Crippen LogP contribution in [0.5, 0.6) is 0 Å². The van der Waals surface area contributed by atoms with Gasteiger partial charge in [-0.1, -0.05) is 0 Å². The minimum absolute atomic E-state index is 0.223. The molecule has 0 atom stereocenters. The largest absolute Gasteiger partial charge is 0.377 e. The summed E-state index contributed by atoms with van der Waals surface area (Å²) in [5, 5.41) is 2.94. The van der Waals surface area contributed by atoms with Crippen LogP contribution in [0, 0.1) is 11.6 Å². The second-order valence-corrected chi connectivity index (χ2v) is 5.46. The van der Waals surface area contributed by atoms with Crippen LogP contribution >= 0.6 is 15.9 Å². The monoisotopic (exact) mass is 344 g/mol. The van der Waals surface area contributed by atoms with Gasteiger partial charge in [-0.2, -0.15) is 0 Å². The molecule has 0 saturated heterocycles. The van der Waals surface area contributed by atoms with Gasteiger partial charge >= 0.3 is 0 Å². The van der Waals surface area contributed by atoms with Crippen LogP contribution in [0.1, 0.15) is 5.69 Å². The van der Waals surface area contributed by atoms with Crippen LogP contribution in [0.3, 0.4) is 0 Å². The normalized spacial score (nSPS) is 10.7. The van der Waals surface area contributed by atoms with Crippen LogP contribution < -0.4 is 10.2 Å². The molecular formula is C13H15BrF2N4. The number of nitrogens with one attached hydrogen (secondary N) is 1. The third-order valence-electron chi connectivity index (χ3n) is 2.93. The maximum Gasteiger partial charge on any atom is 0.204 e. The van der Waals surface area contributed by atoms with Crippen molar-refractivity contribution < 1.29 is 8.78 Å². The molecule has 0 aliphatic rings. The Labute approximate surface area is 124 Å². The van der Waals surface area contributed by atoms with Crippen LogP contribution in [-0.2, 0) is 13.6 Å². The van der Waals surface area contributed by atoms with Crippen molar-refractivity contribution in [2.24, 2.45) is 7.05 Å². The molecule has 108 valence electrons. The van der Waals surface area contributed by atoms with Gasteiger partial charge in [-0.15, -0.1) is 0 Å². The molecule has 20 heavy (non-hydrogen) atoms. The fraction of sp³-hybridized carbons (Fsp3) is 0.308. The molecule has 1 aromatic carbocycles. The Balaban J connectivity index is 2.15. The van der Waals surface area contributed by atoms with E-state index in [2.05, 4.69) is 26.2 Å². The molecule has 0 saturated carbocycles. The van der Waals surface area contributed by atoms with Crippen LogP contribution in [-0.4, -0.2) is 23.6 Å². The molecule has 0 amide bonds. The molecule has 0 unspecified atom stereocenters. The first kappa shape index (κ1) is 14.8. The smallest absolute Gasteiger partial charge is 0.204 e. The average Bonchev–Trinajstić information content (AvgIpc) is 2.74. The molecule has 0 spiro atoms. The van der Waals surface area contributed by atoms with Gasteiger partial charge in [0.2, 0.25) is 5.95 Å². The molecule has 4 nitrogen and oxygen atoms in total. The van der Waals surface area contributed by atoms with Crippen molar-refractivity contribution >= 4 is 27.6 Å². The first-order chi connectivity index (χ1) is 9.40. The topological polar surface area (TPSA) is 33.1 Å². The third kappa shape index (κ3) is 2.92. The highest BCUT2D eigenvalue weighted by atomic mass is 79.9. The first-order valence-electron chi connectivity index (χ1n) is 5.96. The molecule has 1 N–H and O–H groups in total. The van der Waals surface area contributed by atoms with E-state index in [9.17, 15) is 8.78 Å². The molecule has 2 aromatic rings. The predicted octanol–water partition coefficient (Wildman–Crippen LogP) is 3.14. The number of halogens is 3. The highest BCUT2D eigenvalue weighted by molar-refractivity contribution is 9.10. The molecule has 0 radical (unpaired) electrons. The minimum atomic E-state index is -0.624. The van der Waals surface area contributed by atoms with E-state index in [1.165, 1.54) is 6.07 Å². The van der Waals surface area contributed by atoms with Crippen molar-refractivity contribution in [2.75, 3.05) is 24.3 Å². The Kier molecular flexibility index (Phi) is 4.27. The lowest BCUT2D eigenvalue weighted by Crippen LogP contribution is -2.15. The number of rotatable bonds is 4. The van der Waals surface area contributed by atoms with Crippen molar-refractivity contribution in [1.82, 2.24) is 9.55 Å². The zero-order valence-corrected chi connectivity index (χ0v) is 13.0. The van der Waals surface area contributed by atoms with Crippen LogP contribution in [0.4, 0.5) is 20.4 Å². The number of imidazole rings is 1. The molecule has 7 heteroatoms. The first-order valence-corrected chi connectivity index (χ1v) is 6.75. The Morgan fingerprint density at radius 1 is 1.30 bits per heavy atom. The molecule has 0 aliphatic carbocycles. The highest BCUT2D eigenvalue weighted by Crippen LogP contribution is 2.24. The van der Waals surface area contributed by atoms with Gasteiger partial charge in [0.25, 0.3) is 0 Å². The van der Waals surface area contributed by atoms with Gasteiger partial charge in [0.15, 0.2) is 0 Å². The van der Waals surface area contributed by atoms with Crippen LogP contribution in [0.25, 0.3) is 0 Å². The summed E-state index contributed by atoms with van der Waals surface area (Å²) < 4.78 is 28.9. The van der Waals surface area contributed by atoms with E-state index in [0.717, 1.165) is 17.7 Å². The molecule has 2 rings (SSSR count). The van der Waals surface area contributed by atoms with Gasteiger partial charge in [-0.3, -0.25) is 0 Å². The van der Waals surface area contributed by atoms with Crippen molar-refractivity contribution in [3.05, 3.63) is 40.1 Å². The zero-order valence-electron chi connectivity index (χ0n) is 11.4. The summed E-state index contributed by atoms with van der Waals surface area (Å²) in [5.74, 6) is -0.438. The molecule has 1 aromatic heterocycles. The van der Waals surface area contributed by atoms with E-state index >= 15 is 0 Å². The Bertz CT molecular complexity index is 625. The number of nitrogens with zero attached hydrogens (tertiary/aromatic N) is 3. The standard InChI is InChI=1S/C13H15BrF2N4/c1-19(2)13-18-7-8(20(13)3)6-17-12-4-9(14)10(15)5-11(12)16/h4-5,7,17H,6H2,1-3H3. The quantitative estimate of drug-likeness (QED) is 0.865. The lowest BCUT2D eigenvalue weighted by molar-refractivity contribution is 0.580. The second-order valence-electron chi connectivity index (χ2n) is 4.60. The summed E-state index contributed by atoms with van der Waals surface area (Å²) in [6.07, 6.45) is 1.72. The molecule has 0 fully saturated rings. The van der Waals surface area contributed by atoms with Crippen molar-refractivity contribution in [3.63, 3.8) is 0 Å². The van der Waals surface area contributed by atoms with Crippen molar-refractivity contribution in [3.8, 4) is 0 Å². The van der Waals surface area contributed by atoms with Crippen LogP contribution in [0.15, 0.2) is 22.8 Å². The Hall–Kier alpha value is -1.63. The fourth-order valence-corrected chi connectivity index (χ4v) is 2.20. The SMILES string of the molecule is CN(C)c1ncc(CNc2cc(Br)c(F)cc2F)n1C. The van der Waals surface area contributed by atoms with E-state index in [1.807, 2.05) is 30.6 Å². The third-order valence-corrected chi connectivity index (χ3v) is 3.54. The van der Waals surface area contributed by atoms with E-state index in [0.29, 0.717) is 6.54 Å². The number of aromatic nitrogens is 2. The maximum atomic E-state index is 13.6. The summed E-state index contributed by atoms with van der Waals surface area (Å²) in [4.78, 5) is 6.15. The number of benzene rings is 1. The van der Waals surface area contributed by atoms with E-state index in [-0.39, 0.29) is 10.2 Å². The second kappa shape index (κ2) is 5.78. The number of hydrogen-bond acceptors (Lipinski definition) is 3. The van der Waals surface area contributed by atoms with Gasteiger partial charge in [-0.05, 0) is 22.0 Å². The summed E-state index contributed by atoms with van der Waals surface area (Å²) in [6, 6.07) is 2.23. The van der Waals surface area contributed by atoms with Gasteiger partial charge in [0.1, 0.15) is 11.6 Å². The number of hydrogen-bond donors (Lipinski definition) is 1. The van der Waals surface area contributed by atoms with Crippen molar-refractivity contribution in [1.29, 1.82) is 0 Å². The fourth-order valence-electron chi connectivity index (χ4n) is 1.86. The zero-order chi connectivity index (χ0) is 14.9. The minimum Gasteiger partial charge on any atom is -0.377 e. The van der Waals surface area contributed by atoms with Gasteiger partial charge in [-0.25, -0.2) is 13.8 Å². The summed E-state index contributed by atoms with van der Waals surface area (Å²) >= 11 is 3.04. The van der Waals surface area contributed by atoms with Crippen LogP contribution in [0.2, 0.25) is 0 Å². The lowest BCUT2D eigenvalue weighted by Gasteiger charge is -2.13. The predicted molar refractivity (Wildman–Crippen MR) is 78.9 cm³/mol. The summed E-state index contributed by atoms with van der Waals surface area (Å²) in [6.45, 7) is 0.395. The molecule has 0 bridgehead atoms. The molecule has 1 heterocycles. The van der Waals surface area contributed by atoms with E-state index in [4.69, 9.17) is 0 Å². The van der Waals surface area contributed by atoms with Gasteiger partial charge in [0, 0.05) is 27.2 Å². The number of anilines is 2. The summed E-state index contributed by atoms with van der Waals surface area (Å²) in [5.41, 5.74) is 1.14. The Morgan fingerprint density at radius 2 is 2.00 bits per heavy atom.